The molecular formula is C26H34F3N3. The number of alkyl halides is 3. The topological polar surface area (TPSA) is 28.2 Å². The van der Waals surface area contributed by atoms with Gasteiger partial charge in [0.05, 0.1) is 11.6 Å². The highest BCUT2D eigenvalue weighted by Gasteiger charge is 2.31. The maximum Gasteiger partial charge on any atom is 0.416 e. The smallest absolute Gasteiger partial charge is 0.382 e. The van der Waals surface area contributed by atoms with E-state index in [9.17, 15) is 13.2 Å². The van der Waals surface area contributed by atoms with Gasteiger partial charge in [-0.05, 0) is 61.2 Å². The lowest BCUT2D eigenvalue weighted by atomic mass is 9.93. The number of halogens is 3. The van der Waals surface area contributed by atoms with Crippen LogP contribution in [0, 0.1) is 5.92 Å². The number of fused-ring (bicyclic) bond motifs is 1. The molecule has 1 N–H and O–H groups in total. The fourth-order valence-corrected chi connectivity index (χ4v) is 4.47. The second kappa shape index (κ2) is 10.5. The average molecular weight is 446 g/mol. The van der Waals surface area contributed by atoms with E-state index in [4.69, 9.17) is 0 Å². The van der Waals surface area contributed by atoms with Crippen LogP contribution in [0.25, 0.3) is 5.70 Å². The number of hydrogen-bond donors (Lipinski definition) is 1. The van der Waals surface area contributed by atoms with Crippen molar-refractivity contribution in [1.82, 2.24) is 15.2 Å². The molecule has 3 nitrogen and oxygen atoms in total. The Morgan fingerprint density at radius 2 is 1.88 bits per heavy atom. The molecule has 1 aliphatic rings. The first-order valence-electron chi connectivity index (χ1n) is 11.5. The normalized spacial score (nSPS) is 18.1. The highest BCUT2D eigenvalue weighted by atomic mass is 19.4. The van der Waals surface area contributed by atoms with Gasteiger partial charge < -0.3 is 5.32 Å². The Hall–Kier alpha value is -2.34. The van der Waals surface area contributed by atoms with E-state index in [1.165, 1.54) is 18.6 Å². The maximum atomic E-state index is 13.1. The monoisotopic (exact) mass is 445 g/mol. The van der Waals surface area contributed by atoms with E-state index >= 15 is 0 Å². The van der Waals surface area contributed by atoms with Crippen LogP contribution >= 0.6 is 0 Å². The van der Waals surface area contributed by atoms with Crippen LogP contribution in [0.3, 0.4) is 0 Å². The van der Waals surface area contributed by atoms with Crippen molar-refractivity contribution in [2.24, 2.45) is 5.92 Å². The Labute approximate surface area is 189 Å². The van der Waals surface area contributed by atoms with E-state index in [0.717, 1.165) is 41.6 Å². The molecule has 6 heteroatoms. The maximum absolute atomic E-state index is 13.1. The molecule has 1 aliphatic heterocycles. The minimum Gasteiger partial charge on any atom is -0.382 e. The Balaban J connectivity index is 1.94. The zero-order valence-electron chi connectivity index (χ0n) is 19.4. The molecule has 2 unspecified atom stereocenters. The second-order valence-electron chi connectivity index (χ2n) is 9.16. The first kappa shape index (κ1) is 24.3. The predicted octanol–water partition coefficient (Wildman–Crippen LogP) is 6.67. The Kier molecular flexibility index (Phi) is 7.99. The van der Waals surface area contributed by atoms with Crippen LogP contribution in [0.2, 0.25) is 0 Å². The molecule has 0 radical (unpaired) electrons. The summed E-state index contributed by atoms with van der Waals surface area (Å²) >= 11 is 0. The molecule has 0 aliphatic carbocycles. The third-order valence-corrected chi connectivity index (χ3v) is 6.04. The van der Waals surface area contributed by atoms with Crippen LogP contribution in [-0.4, -0.2) is 29.5 Å². The summed E-state index contributed by atoms with van der Waals surface area (Å²) < 4.78 is 39.2. The van der Waals surface area contributed by atoms with Gasteiger partial charge in [0, 0.05) is 36.2 Å². The van der Waals surface area contributed by atoms with Crippen LogP contribution < -0.4 is 5.32 Å². The number of unbranched alkanes of at least 4 members (excludes halogenated alkanes) is 1. The van der Waals surface area contributed by atoms with Gasteiger partial charge in [-0.3, -0.25) is 9.88 Å². The summed E-state index contributed by atoms with van der Waals surface area (Å²) in [5.74, 6) is 0.590. The fourth-order valence-electron chi connectivity index (χ4n) is 4.47. The summed E-state index contributed by atoms with van der Waals surface area (Å²) in [6.07, 6.45) is 6.01. The van der Waals surface area contributed by atoms with Gasteiger partial charge in [-0.15, -0.1) is 0 Å². The number of likely N-dealkylation sites (N-methyl/N-ethyl adjacent to an activating group) is 1. The Bertz CT molecular complexity index is 903. The number of benzene rings is 1. The lowest BCUT2D eigenvalue weighted by molar-refractivity contribution is -0.137. The molecule has 0 amide bonds. The molecular weight excluding hydrogens is 411 g/mol. The van der Waals surface area contributed by atoms with Crippen molar-refractivity contribution in [1.29, 1.82) is 0 Å². The molecule has 0 bridgehead atoms. The average Bonchev–Trinajstić information content (AvgIpc) is 2.88. The minimum absolute atomic E-state index is 0.148. The number of nitrogens with zero attached hydrogens (tertiary/aromatic N) is 2. The SMILES string of the molecule is CCCCC(CC(C)C)NC1=CCN(C)C(c2ccc(C(F)(F)F)cc2)c2ccncc21. The minimum atomic E-state index is -4.34. The zero-order chi connectivity index (χ0) is 23.3. The van der Waals surface area contributed by atoms with Gasteiger partial charge in [-0.1, -0.05) is 45.7 Å². The molecule has 2 heterocycles. The van der Waals surface area contributed by atoms with Gasteiger partial charge in [-0.25, -0.2) is 0 Å². The van der Waals surface area contributed by atoms with E-state index in [2.05, 4.69) is 42.0 Å². The van der Waals surface area contributed by atoms with Gasteiger partial charge in [0.15, 0.2) is 0 Å². The van der Waals surface area contributed by atoms with Gasteiger partial charge in [0.2, 0.25) is 0 Å². The van der Waals surface area contributed by atoms with E-state index < -0.39 is 11.7 Å². The number of aromatic nitrogens is 1. The highest BCUT2D eigenvalue weighted by Crippen LogP contribution is 2.36. The summed E-state index contributed by atoms with van der Waals surface area (Å²) in [6.45, 7) is 7.38. The van der Waals surface area contributed by atoms with Crippen molar-refractivity contribution in [3.05, 3.63) is 71.1 Å². The van der Waals surface area contributed by atoms with Gasteiger partial charge in [0.1, 0.15) is 0 Å². The molecule has 0 fully saturated rings. The number of rotatable bonds is 8. The van der Waals surface area contributed by atoms with Crippen molar-refractivity contribution in [3.63, 3.8) is 0 Å². The highest BCUT2D eigenvalue weighted by molar-refractivity contribution is 5.68. The molecule has 0 spiro atoms. The zero-order valence-corrected chi connectivity index (χ0v) is 19.4. The van der Waals surface area contributed by atoms with E-state index in [1.807, 2.05) is 19.3 Å². The van der Waals surface area contributed by atoms with Crippen molar-refractivity contribution < 1.29 is 13.2 Å². The third kappa shape index (κ3) is 5.91. The van der Waals surface area contributed by atoms with Crippen LogP contribution in [0.5, 0.6) is 0 Å². The van der Waals surface area contributed by atoms with Crippen LogP contribution in [0.4, 0.5) is 13.2 Å². The standard InChI is InChI=1S/C26H34F3N3/c1-5-6-7-21(16-18(2)3)31-24-13-15-32(4)25(22-12-14-30-17-23(22)24)19-8-10-20(11-9-19)26(27,28)29/h8-14,17-18,21,25,31H,5-7,15-16H2,1-4H3. The van der Waals surface area contributed by atoms with Gasteiger partial charge >= 0.3 is 6.18 Å². The van der Waals surface area contributed by atoms with Crippen LogP contribution in [0.1, 0.15) is 74.8 Å². The number of nitrogens with one attached hydrogen (secondary N) is 1. The Morgan fingerprint density at radius 1 is 1.16 bits per heavy atom. The van der Waals surface area contributed by atoms with Gasteiger partial charge in [0.25, 0.3) is 0 Å². The van der Waals surface area contributed by atoms with Crippen LogP contribution in [-0.2, 0) is 6.18 Å². The first-order valence-corrected chi connectivity index (χ1v) is 11.5. The predicted molar refractivity (Wildman–Crippen MR) is 124 cm³/mol. The third-order valence-electron chi connectivity index (χ3n) is 6.04. The molecule has 1 aromatic heterocycles. The number of pyridine rings is 1. The molecule has 3 rings (SSSR count). The first-order chi connectivity index (χ1) is 15.2. The van der Waals surface area contributed by atoms with Crippen molar-refractivity contribution >= 4 is 5.70 Å². The van der Waals surface area contributed by atoms with Gasteiger partial charge in [-0.2, -0.15) is 13.2 Å². The molecule has 0 saturated carbocycles. The fraction of sp³-hybridized carbons (Fsp3) is 0.500. The molecule has 32 heavy (non-hydrogen) atoms. The summed E-state index contributed by atoms with van der Waals surface area (Å²) in [7, 11) is 2.01. The van der Waals surface area contributed by atoms with E-state index in [1.54, 1.807) is 18.3 Å². The lowest BCUT2D eigenvalue weighted by Gasteiger charge is -2.28. The molecule has 2 aromatic rings. The van der Waals surface area contributed by atoms with Crippen LogP contribution in [0.15, 0.2) is 48.8 Å². The summed E-state index contributed by atoms with van der Waals surface area (Å²) in [6, 6.07) is 7.74. The van der Waals surface area contributed by atoms with E-state index in [0.29, 0.717) is 18.5 Å². The lowest BCUT2D eigenvalue weighted by Crippen LogP contribution is -2.29. The van der Waals surface area contributed by atoms with Crippen molar-refractivity contribution in [3.8, 4) is 0 Å². The van der Waals surface area contributed by atoms with Crippen molar-refractivity contribution in [2.45, 2.75) is 64.7 Å². The quantitative estimate of drug-likeness (QED) is 0.492. The molecule has 0 saturated heterocycles. The summed E-state index contributed by atoms with van der Waals surface area (Å²) in [4.78, 5) is 6.54. The summed E-state index contributed by atoms with van der Waals surface area (Å²) in [5.41, 5.74) is 3.35. The summed E-state index contributed by atoms with van der Waals surface area (Å²) in [5, 5.41) is 3.79. The second-order valence-corrected chi connectivity index (χ2v) is 9.16. The molecule has 2 atom stereocenters. The van der Waals surface area contributed by atoms with E-state index in [-0.39, 0.29) is 6.04 Å². The largest absolute Gasteiger partial charge is 0.416 e. The number of hydrogen-bond acceptors (Lipinski definition) is 3. The Morgan fingerprint density at radius 3 is 2.50 bits per heavy atom. The molecule has 1 aromatic carbocycles. The van der Waals surface area contributed by atoms with Crippen molar-refractivity contribution in [2.75, 3.05) is 13.6 Å². The molecule has 174 valence electrons.